The highest BCUT2D eigenvalue weighted by Gasteiger charge is 2.51. The molecule has 1 amide bonds. The minimum atomic E-state index is -0.406. The van der Waals surface area contributed by atoms with E-state index in [2.05, 4.69) is 53.3 Å². The average molecular weight is 382 g/mol. The minimum Gasteiger partial charge on any atom is -0.346 e. The first-order chi connectivity index (χ1) is 13.0. The molecule has 1 N–H and O–H groups in total. The second kappa shape index (κ2) is 7.02. The molecule has 0 aliphatic heterocycles. The number of anilines is 1. The molecule has 1 saturated carbocycles. The van der Waals surface area contributed by atoms with Gasteiger partial charge in [-0.25, -0.2) is 0 Å². The Labute approximate surface area is 164 Å². The van der Waals surface area contributed by atoms with Gasteiger partial charge in [-0.15, -0.1) is 0 Å². The Kier molecular flexibility index (Phi) is 4.70. The fourth-order valence-corrected chi connectivity index (χ4v) is 3.70. The van der Waals surface area contributed by atoms with Gasteiger partial charge in [0.2, 0.25) is 5.91 Å². The van der Waals surface area contributed by atoms with E-state index in [1.165, 1.54) is 5.52 Å². The third-order valence-electron chi connectivity index (χ3n) is 5.40. The molecule has 3 aromatic rings. The number of carbonyl (C=O) groups is 1. The van der Waals surface area contributed by atoms with Gasteiger partial charge in [0.25, 0.3) is 0 Å². The molecule has 0 saturated heterocycles. The molecule has 1 fully saturated rings. The average Bonchev–Trinajstić information content (AvgIpc) is 3.36. The fourth-order valence-electron chi connectivity index (χ4n) is 3.57. The largest absolute Gasteiger partial charge is 0.346 e. The third-order valence-corrected chi connectivity index (χ3v) is 5.65. The van der Waals surface area contributed by atoms with E-state index in [0.29, 0.717) is 5.02 Å². The number of halogens is 1. The number of amides is 1. The summed E-state index contributed by atoms with van der Waals surface area (Å²) < 4.78 is 2.25. The lowest BCUT2D eigenvalue weighted by molar-refractivity contribution is -0.118. The number of likely N-dealkylation sites (N-methyl/N-ethyl adjacent to an activating group) is 1. The van der Waals surface area contributed by atoms with Gasteiger partial charge in [-0.3, -0.25) is 4.79 Å². The summed E-state index contributed by atoms with van der Waals surface area (Å²) in [6, 6.07) is 15.9. The van der Waals surface area contributed by atoms with E-state index in [4.69, 9.17) is 11.6 Å². The Morgan fingerprint density at radius 2 is 1.89 bits per heavy atom. The van der Waals surface area contributed by atoms with E-state index in [9.17, 15) is 4.79 Å². The molecule has 5 heteroatoms. The minimum absolute atomic E-state index is 0.0659. The van der Waals surface area contributed by atoms with Crippen molar-refractivity contribution >= 4 is 34.1 Å². The standard InChI is InChI=1S/C22H24ClN3O/c1-25(2)13-14-26-12-9-16-15-19(7-8-20(16)26)24-21(27)22(10-11-22)17-3-5-18(23)6-4-17/h3-9,12,15H,10-11,13-14H2,1-2H3,(H,24,27). The van der Waals surface area contributed by atoms with E-state index >= 15 is 0 Å². The van der Waals surface area contributed by atoms with Crippen molar-refractivity contribution in [3.8, 4) is 0 Å². The summed E-state index contributed by atoms with van der Waals surface area (Å²) in [7, 11) is 4.15. The Morgan fingerprint density at radius 1 is 1.15 bits per heavy atom. The lowest BCUT2D eigenvalue weighted by atomic mass is 9.95. The molecule has 4 nitrogen and oxygen atoms in total. The van der Waals surface area contributed by atoms with Gasteiger partial charge in [0, 0.05) is 40.9 Å². The molecule has 0 radical (unpaired) electrons. The molecular formula is C22H24ClN3O. The van der Waals surface area contributed by atoms with Gasteiger partial charge in [0.05, 0.1) is 5.41 Å². The summed E-state index contributed by atoms with van der Waals surface area (Å²) in [5, 5.41) is 4.96. The number of nitrogens with zero attached hydrogens (tertiary/aromatic N) is 2. The first kappa shape index (κ1) is 18.1. The number of rotatable bonds is 6. The van der Waals surface area contributed by atoms with Crippen LogP contribution in [0.15, 0.2) is 54.7 Å². The molecule has 27 heavy (non-hydrogen) atoms. The van der Waals surface area contributed by atoms with Crippen LogP contribution in [0.2, 0.25) is 5.02 Å². The zero-order valence-corrected chi connectivity index (χ0v) is 16.5. The van der Waals surface area contributed by atoms with Crippen molar-refractivity contribution in [1.82, 2.24) is 9.47 Å². The van der Waals surface area contributed by atoms with Crippen molar-refractivity contribution in [2.45, 2.75) is 24.8 Å². The number of aromatic nitrogens is 1. The number of hydrogen-bond acceptors (Lipinski definition) is 2. The summed E-state index contributed by atoms with van der Waals surface area (Å²) in [5.74, 6) is 0.0659. The van der Waals surface area contributed by atoms with Crippen LogP contribution in [-0.4, -0.2) is 36.0 Å². The Morgan fingerprint density at radius 3 is 2.56 bits per heavy atom. The number of nitrogens with one attached hydrogen (secondary N) is 1. The molecule has 4 rings (SSSR count). The van der Waals surface area contributed by atoms with E-state index in [1.807, 2.05) is 30.3 Å². The Hall–Kier alpha value is -2.30. The van der Waals surface area contributed by atoms with Gasteiger partial charge in [-0.1, -0.05) is 23.7 Å². The van der Waals surface area contributed by atoms with E-state index in [0.717, 1.165) is 42.6 Å². The third kappa shape index (κ3) is 3.60. The number of benzene rings is 2. The first-order valence-corrected chi connectivity index (χ1v) is 9.67. The normalized spacial score (nSPS) is 15.3. The van der Waals surface area contributed by atoms with Crippen molar-refractivity contribution < 1.29 is 4.79 Å². The van der Waals surface area contributed by atoms with Gasteiger partial charge in [-0.05, 0) is 68.9 Å². The lowest BCUT2D eigenvalue weighted by Gasteiger charge is -2.16. The van der Waals surface area contributed by atoms with Crippen LogP contribution < -0.4 is 5.32 Å². The molecule has 0 unspecified atom stereocenters. The van der Waals surface area contributed by atoms with Gasteiger partial charge in [0.1, 0.15) is 0 Å². The lowest BCUT2D eigenvalue weighted by Crippen LogP contribution is -2.27. The Balaban J connectivity index is 1.51. The topological polar surface area (TPSA) is 37.3 Å². The predicted octanol–water partition coefficient (Wildman–Crippen LogP) is 4.53. The summed E-state index contributed by atoms with van der Waals surface area (Å²) >= 11 is 5.98. The van der Waals surface area contributed by atoms with Crippen LogP contribution in [-0.2, 0) is 16.8 Å². The van der Waals surface area contributed by atoms with E-state index in [-0.39, 0.29) is 5.91 Å². The highest BCUT2D eigenvalue weighted by molar-refractivity contribution is 6.30. The van der Waals surface area contributed by atoms with Crippen LogP contribution in [0, 0.1) is 0 Å². The molecule has 2 aromatic carbocycles. The van der Waals surface area contributed by atoms with Crippen molar-refractivity contribution in [3.05, 3.63) is 65.3 Å². The van der Waals surface area contributed by atoms with Gasteiger partial charge < -0.3 is 14.8 Å². The number of fused-ring (bicyclic) bond motifs is 1. The van der Waals surface area contributed by atoms with E-state index < -0.39 is 5.41 Å². The monoisotopic (exact) mass is 381 g/mol. The van der Waals surface area contributed by atoms with Crippen LogP contribution >= 0.6 is 11.6 Å². The zero-order valence-electron chi connectivity index (χ0n) is 15.7. The highest BCUT2D eigenvalue weighted by Crippen LogP contribution is 2.49. The first-order valence-electron chi connectivity index (χ1n) is 9.29. The molecule has 0 spiro atoms. The van der Waals surface area contributed by atoms with Crippen LogP contribution in [0.25, 0.3) is 10.9 Å². The molecule has 140 valence electrons. The van der Waals surface area contributed by atoms with Crippen molar-refractivity contribution in [2.24, 2.45) is 0 Å². The van der Waals surface area contributed by atoms with Crippen LogP contribution in [0.3, 0.4) is 0 Å². The highest BCUT2D eigenvalue weighted by atomic mass is 35.5. The summed E-state index contributed by atoms with van der Waals surface area (Å²) in [5.41, 5.74) is 2.67. The molecular weight excluding hydrogens is 358 g/mol. The number of hydrogen-bond donors (Lipinski definition) is 1. The van der Waals surface area contributed by atoms with Crippen molar-refractivity contribution in [1.29, 1.82) is 0 Å². The molecule has 0 bridgehead atoms. The summed E-state index contributed by atoms with van der Waals surface area (Å²) in [6.45, 7) is 1.94. The van der Waals surface area contributed by atoms with Crippen molar-refractivity contribution in [2.75, 3.05) is 26.0 Å². The maximum absolute atomic E-state index is 12.9. The van der Waals surface area contributed by atoms with E-state index in [1.54, 1.807) is 0 Å². The summed E-state index contributed by atoms with van der Waals surface area (Å²) in [6.07, 6.45) is 3.86. The smallest absolute Gasteiger partial charge is 0.235 e. The second-order valence-corrected chi connectivity index (χ2v) is 8.07. The quantitative estimate of drug-likeness (QED) is 0.681. The van der Waals surface area contributed by atoms with Gasteiger partial charge >= 0.3 is 0 Å². The van der Waals surface area contributed by atoms with Gasteiger partial charge in [-0.2, -0.15) is 0 Å². The molecule has 0 atom stereocenters. The maximum atomic E-state index is 12.9. The zero-order chi connectivity index (χ0) is 19.0. The summed E-state index contributed by atoms with van der Waals surface area (Å²) in [4.78, 5) is 15.1. The molecule has 1 aliphatic carbocycles. The SMILES string of the molecule is CN(C)CCn1ccc2cc(NC(=O)C3(c4ccc(Cl)cc4)CC3)ccc21. The molecule has 1 aromatic heterocycles. The molecule has 1 aliphatic rings. The maximum Gasteiger partial charge on any atom is 0.235 e. The van der Waals surface area contributed by atoms with Crippen LogP contribution in [0.4, 0.5) is 5.69 Å². The predicted molar refractivity (Wildman–Crippen MR) is 111 cm³/mol. The molecule has 1 heterocycles. The van der Waals surface area contributed by atoms with Crippen LogP contribution in [0.1, 0.15) is 18.4 Å². The van der Waals surface area contributed by atoms with Gasteiger partial charge in [0.15, 0.2) is 0 Å². The van der Waals surface area contributed by atoms with Crippen molar-refractivity contribution in [3.63, 3.8) is 0 Å². The number of carbonyl (C=O) groups excluding carboxylic acids is 1. The Bertz CT molecular complexity index is 971. The van der Waals surface area contributed by atoms with Crippen LogP contribution in [0.5, 0.6) is 0 Å². The second-order valence-electron chi connectivity index (χ2n) is 7.63. The fraction of sp³-hybridized carbons (Fsp3) is 0.318.